The molecule has 0 amide bonds. The lowest BCUT2D eigenvalue weighted by Gasteiger charge is -2.18. The van der Waals surface area contributed by atoms with Gasteiger partial charge in [0.15, 0.2) is 6.10 Å². The van der Waals surface area contributed by atoms with Crippen LogP contribution in [-0.2, 0) is 28.6 Å². The van der Waals surface area contributed by atoms with Crippen LogP contribution in [0.15, 0.2) is 134 Å². The Balaban J connectivity index is 4.54. The first-order valence-electron chi connectivity index (χ1n) is 28.7. The molecule has 0 N–H and O–H groups in total. The number of esters is 3. The maximum atomic E-state index is 12.9. The maximum Gasteiger partial charge on any atom is 0.306 e. The van der Waals surface area contributed by atoms with E-state index in [2.05, 4.69) is 148 Å². The predicted octanol–water partition coefficient (Wildman–Crippen LogP) is 19.4. The monoisotopic (exact) mass is 981 g/mol. The minimum Gasteiger partial charge on any atom is -0.462 e. The minimum absolute atomic E-state index is 0.116. The van der Waals surface area contributed by atoms with Crippen LogP contribution in [0.1, 0.15) is 239 Å². The van der Waals surface area contributed by atoms with Crippen LogP contribution in [0.3, 0.4) is 0 Å². The van der Waals surface area contributed by atoms with Gasteiger partial charge in [0.1, 0.15) is 13.2 Å². The van der Waals surface area contributed by atoms with Crippen molar-refractivity contribution in [1.29, 1.82) is 0 Å². The molecule has 0 fully saturated rings. The molecule has 0 saturated carbocycles. The van der Waals surface area contributed by atoms with E-state index >= 15 is 0 Å². The van der Waals surface area contributed by atoms with Crippen LogP contribution in [0, 0.1) is 0 Å². The van der Waals surface area contributed by atoms with Crippen molar-refractivity contribution in [2.45, 2.75) is 245 Å². The van der Waals surface area contributed by atoms with Gasteiger partial charge in [0.05, 0.1) is 0 Å². The molecule has 0 spiro atoms. The van der Waals surface area contributed by atoms with Gasteiger partial charge in [-0.1, -0.05) is 231 Å². The number of ether oxygens (including phenoxy) is 3. The van der Waals surface area contributed by atoms with Gasteiger partial charge < -0.3 is 14.2 Å². The molecule has 0 radical (unpaired) electrons. The molecule has 6 nitrogen and oxygen atoms in total. The predicted molar refractivity (Wildman–Crippen MR) is 306 cm³/mol. The zero-order chi connectivity index (χ0) is 51.4. The van der Waals surface area contributed by atoms with Crippen molar-refractivity contribution in [3.05, 3.63) is 134 Å². The summed E-state index contributed by atoms with van der Waals surface area (Å²) in [4.78, 5) is 38.2. The largest absolute Gasteiger partial charge is 0.462 e. The fraction of sp³-hybridized carbons (Fsp3) is 0.615. The van der Waals surface area contributed by atoms with Gasteiger partial charge in [-0.15, -0.1) is 0 Å². The highest BCUT2D eigenvalue weighted by Crippen LogP contribution is 2.14. The van der Waals surface area contributed by atoms with Crippen LogP contribution in [0.4, 0.5) is 0 Å². The number of hydrogen-bond acceptors (Lipinski definition) is 6. The lowest BCUT2D eigenvalue weighted by Crippen LogP contribution is -2.30. The molecule has 0 aromatic heterocycles. The quantitative estimate of drug-likeness (QED) is 0.0262. The Morgan fingerprint density at radius 2 is 0.577 bits per heavy atom. The van der Waals surface area contributed by atoms with Gasteiger partial charge in [-0.25, -0.2) is 0 Å². The van der Waals surface area contributed by atoms with Crippen LogP contribution >= 0.6 is 0 Å². The Kier molecular flexibility index (Phi) is 54.5. The molecule has 0 aliphatic rings. The first-order valence-corrected chi connectivity index (χ1v) is 28.7. The van der Waals surface area contributed by atoms with Crippen molar-refractivity contribution >= 4 is 17.9 Å². The molecule has 1 atom stereocenters. The molecule has 71 heavy (non-hydrogen) atoms. The highest BCUT2D eigenvalue weighted by Gasteiger charge is 2.19. The molecule has 0 saturated heterocycles. The summed E-state index contributed by atoms with van der Waals surface area (Å²) in [7, 11) is 0. The summed E-state index contributed by atoms with van der Waals surface area (Å²) in [6.07, 6.45) is 81.6. The fourth-order valence-corrected chi connectivity index (χ4v) is 7.39. The third-order valence-corrected chi connectivity index (χ3v) is 11.6. The second-order valence-corrected chi connectivity index (χ2v) is 18.4. The van der Waals surface area contributed by atoms with Gasteiger partial charge in [-0.3, -0.25) is 14.4 Å². The van der Waals surface area contributed by atoms with E-state index in [0.29, 0.717) is 19.3 Å². The van der Waals surface area contributed by atoms with E-state index in [-0.39, 0.29) is 37.5 Å². The van der Waals surface area contributed by atoms with Gasteiger partial charge >= 0.3 is 17.9 Å². The summed E-state index contributed by atoms with van der Waals surface area (Å²) in [5.74, 6) is -1.03. The highest BCUT2D eigenvalue weighted by atomic mass is 16.6. The molecule has 0 heterocycles. The second kappa shape index (κ2) is 58.1. The van der Waals surface area contributed by atoms with Crippen LogP contribution in [-0.4, -0.2) is 37.2 Å². The summed E-state index contributed by atoms with van der Waals surface area (Å²) < 4.78 is 16.8. The highest BCUT2D eigenvalue weighted by molar-refractivity contribution is 5.71. The fourth-order valence-electron chi connectivity index (χ4n) is 7.39. The smallest absolute Gasteiger partial charge is 0.306 e. The Bertz CT molecular complexity index is 1550. The number of carbonyl (C=O) groups excluding carboxylic acids is 3. The lowest BCUT2D eigenvalue weighted by molar-refractivity contribution is -0.166. The normalized spacial score (nSPS) is 13.1. The van der Waals surface area contributed by atoms with E-state index < -0.39 is 6.10 Å². The Morgan fingerprint density at radius 3 is 0.944 bits per heavy atom. The third kappa shape index (κ3) is 56.3. The maximum absolute atomic E-state index is 12.9. The summed E-state index contributed by atoms with van der Waals surface area (Å²) in [5.41, 5.74) is 0. The van der Waals surface area contributed by atoms with Crippen molar-refractivity contribution in [1.82, 2.24) is 0 Å². The van der Waals surface area contributed by atoms with Gasteiger partial charge in [-0.05, 0) is 122 Å². The van der Waals surface area contributed by atoms with Crippen LogP contribution in [0.5, 0.6) is 0 Å². The molecule has 6 heteroatoms. The SMILES string of the molecule is CC/C=C/C/C=C/C/C=C/C/C=C/C/C=C/C/C=C/CCC(=O)OC[C@@H](COC(=O)CCCCCCC/C=C/C/C=C/C/C=C/CC)OC(=O)CCCCCCCCCCC/C=C/C/C=C/CCCCC. The molecule has 400 valence electrons. The average Bonchev–Trinajstić information content (AvgIpc) is 3.37. The summed E-state index contributed by atoms with van der Waals surface area (Å²) in [5, 5.41) is 0. The van der Waals surface area contributed by atoms with E-state index in [9.17, 15) is 14.4 Å². The molecule has 0 aromatic rings. The first kappa shape index (κ1) is 66.6. The van der Waals surface area contributed by atoms with E-state index in [0.717, 1.165) is 122 Å². The minimum atomic E-state index is -0.824. The van der Waals surface area contributed by atoms with Gasteiger partial charge in [0.25, 0.3) is 0 Å². The molecule has 0 aromatic carbocycles. The van der Waals surface area contributed by atoms with Crippen molar-refractivity contribution < 1.29 is 28.6 Å². The summed E-state index contributed by atoms with van der Waals surface area (Å²) in [6.45, 7) is 6.30. The third-order valence-electron chi connectivity index (χ3n) is 11.6. The number of allylic oxidation sites excluding steroid dienone is 22. The Morgan fingerprint density at radius 1 is 0.296 bits per heavy atom. The topological polar surface area (TPSA) is 78.9 Å². The number of carbonyl (C=O) groups is 3. The number of hydrogen-bond donors (Lipinski definition) is 0. The number of unbranched alkanes of at least 4 members (excludes halogenated alkanes) is 17. The molecule has 0 aliphatic carbocycles. The number of rotatable bonds is 50. The second-order valence-electron chi connectivity index (χ2n) is 18.4. The molecular formula is C65H104O6. The van der Waals surface area contributed by atoms with Crippen LogP contribution < -0.4 is 0 Å². The van der Waals surface area contributed by atoms with Gasteiger partial charge in [0.2, 0.25) is 0 Å². The Hall–Kier alpha value is -4.45. The molecule has 0 rings (SSSR count). The van der Waals surface area contributed by atoms with Crippen molar-refractivity contribution in [2.75, 3.05) is 13.2 Å². The van der Waals surface area contributed by atoms with Crippen LogP contribution in [0.2, 0.25) is 0 Å². The van der Waals surface area contributed by atoms with Crippen molar-refractivity contribution in [3.63, 3.8) is 0 Å². The summed E-state index contributed by atoms with van der Waals surface area (Å²) >= 11 is 0. The van der Waals surface area contributed by atoms with E-state index in [1.54, 1.807) is 0 Å². The zero-order valence-electron chi connectivity index (χ0n) is 45.7. The first-order chi connectivity index (χ1) is 35.0. The van der Waals surface area contributed by atoms with E-state index in [1.807, 2.05) is 6.08 Å². The summed E-state index contributed by atoms with van der Waals surface area (Å²) in [6, 6.07) is 0. The standard InChI is InChI=1S/C65H104O6/c1-4-7-10-13-16-19-22-25-28-30-32-34-37-40-43-46-49-52-55-58-64(67)70-61-62(60-69-63(66)57-54-51-48-45-42-39-36-27-24-21-18-15-12-9-6-3)71-65(68)59-56-53-50-47-44-41-38-35-33-31-29-26-23-20-17-14-11-8-5-2/h7,9-10,12,16-21,25-29,32,34,36,40,43,49,52,62H,4-6,8,11,13-15,22-24,30-31,33,35,37-39,41-42,44-48,50-51,53-61H2,1-3H3/b10-7+,12-9+,19-16+,20-17+,21-18+,28-25+,29-26+,34-32+,36-27+,43-40+,52-49+/t62-/m1/s1. The molecule has 0 aliphatic heterocycles. The molecule has 0 unspecified atom stereocenters. The average molecular weight is 982 g/mol. The van der Waals surface area contributed by atoms with Crippen molar-refractivity contribution in [3.8, 4) is 0 Å². The van der Waals surface area contributed by atoms with Gasteiger partial charge in [0, 0.05) is 19.3 Å². The van der Waals surface area contributed by atoms with E-state index in [4.69, 9.17) is 14.2 Å². The van der Waals surface area contributed by atoms with Crippen LogP contribution in [0.25, 0.3) is 0 Å². The Labute approximate surface area is 436 Å². The lowest BCUT2D eigenvalue weighted by atomic mass is 10.1. The molecule has 0 bridgehead atoms. The van der Waals surface area contributed by atoms with Crippen molar-refractivity contribution in [2.24, 2.45) is 0 Å². The molecular weight excluding hydrogens is 877 g/mol. The van der Waals surface area contributed by atoms with Gasteiger partial charge in [-0.2, -0.15) is 0 Å². The zero-order valence-corrected chi connectivity index (χ0v) is 45.7. The van der Waals surface area contributed by atoms with E-state index in [1.165, 1.54) is 70.6 Å².